The molecule has 184 valence electrons. The Labute approximate surface area is 210 Å². The molecule has 3 amide bonds. The number of nitrogens with one attached hydrogen (secondary N) is 2. The van der Waals surface area contributed by atoms with Gasteiger partial charge in [0.05, 0.1) is 0 Å². The molecule has 0 aliphatic carbocycles. The number of likely N-dealkylation sites (N-methyl/N-ethyl adjacent to an activating group) is 1. The number of carbonyl (C=O) groups is 2. The fraction of sp³-hybridized carbons (Fsp3) is 0.214. The number of aryl methyl sites for hydroxylation is 1. The van der Waals surface area contributed by atoms with E-state index >= 15 is 0 Å². The van der Waals surface area contributed by atoms with Crippen molar-refractivity contribution in [3.8, 4) is 11.5 Å². The first kappa shape index (κ1) is 24.7. The molecule has 8 nitrogen and oxygen atoms in total. The van der Waals surface area contributed by atoms with Gasteiger partial charge in [-0.25, -0.2) is 4.79 Å². The van der Waals surface area contributed by atoms with Gasteiger partial charge >= 0.3 is 6.03 Å². The molecule has 0 aliphatic rings. The Kier molecular flexibility index (Phi) is 8.08. The van der Waals surface area contributed by atoms with Crippen molar-refractivity contribution in [3.63, 3.8) is 0 Å². The summed E-state index contributed by atoms with van der Waals surface area (Å²) in [5, 5.41) is 9.79. The molecule has 0 atom stereocenters. The van der Waals surface area contributed by atoms with E-state index < -0.39 is 0 Å². The molecule has 0 unspecified atom stereocenters. The lowest BCUT2D eigenvalue weighted by atomic mass is 10.1. The van der Waals surface area contributed by atoms with E-state index in [0.717, 1.165) is 23.2 Å². The van der Waals surface area contributed by atoms with E-state index in [9.17, 15) is 9.59 Å². The number of para-hydroxylation sites is 1. The third-order valence-electron chi connectivity index (χ3n) is 5.79. The first-order valence-electron chi connectivity index (χ1n) is 11.9. The van der Waals surface area contributed by atoms with Crippen molar-refractivity contribution in [3.05, 3.63) is 101 Å². The van der Waals surface area contributed by atoms with Gasteiger partial charge in [0, 0.05) is 43.4 Å². The van der Waals surface area contributed by atoms with Crippen LogP contribution in [-0.4, -0.2) is 40.6 Å². The highest BCUT2D eigenvalue weighted by molar-refractivity contribution is 5.94. The summed E-state index contributed by atoms with van der Waals surface area (Å²) < 4.78 is 5.38. The van der Waals surface area contributed by atoms with Crippen LogP contribution in [-0.2, 0) is 19.4 Å². The first-order valence-corrected chi connectivity index (χ1v) is 11.9. The molecule has 0 radical (unpaired) electrons. The minimum Gasteiger partial charge on any atom is -0.348 e. The second-order valence-corrected chi connectivity index (χ2v) is 8.41. The second-order valence-electron chi connectivity index (χ2n) is 8.41. The summed E-state index contributed by atoms with van der Waals surface area (Å²) >= 11 is 0. The highest BCUT2D eigenvalue weighted by Crippen LogP contribution is 2.18. The van der Waals surface area contributed by atoms with Crippen LogP contribution in [0.15, 0.2) is 83.4 Å². The van der Waals surface area contributed by atoms with E-state index in [1.807, 2.05) is 42.5 Å². The van der Waals surface area contributed by atoms with Crippen molar-refractivity contribution < 1.29 is 14.1 Å². The summed E-state index contributed by atoms with van der Waals surface area (Å²) in [7, 11) is 1.71. The number of aromatic nitrogens is 2. The van der Waals surface area contributed by atoms with Gasteiger partial charge in [0.15, 0.2) is 5.82 Å². The Balaban J connectivity index is 1.27. The Hall–Kier alpha value is -4.46. The van der Waals surface area contributed by atoms with Gasteiger partial charge in [-0.05, 0) is 53.9 Å². The van der Waals surface area contributed by atoms with E-state index in [4.69, 9.17) is 4.52 Å². The maximum atomic E-state index is 12.5. The molecule has 0 fully saturated rings. The zero-order valence-electron chi connectivity index (χ0n) is 20.4. The topological polar surface area (TPSA) is 100 Å². The number of rotatable bonds is 9. The van der Waals surface area contributed by atoms with Crippen LogP contribution in [0.3, 0.4) is 0 Å². The van der Waals surface area contributed by atoms with Crippen LogP contribution >= 0.6 is 0 Å². The number of urea groups is 1. The van der Waals surface area contributed by atoms with Crippen LogP contribution in [0, 0.1) is 0 Å². The van der Waals surface area contributed by atoms with Crippen LogP contribution in [0.4, 0.5) is 10.5 Å². The van der Waals surface area contributed by atoms with Crippen LogP contribution in [0.25, 0.3) is 11.5 Å². The van der Waals surface area contributed by atoms with E-state index in [-0.39, 0.29) is 11.9 Å². The second kappa shape index (κ2) is 11.8. The zero-order valence-corrected chi connectivity index (χ0v) is 20.4. The van der Waals surface area contributed by atoms with E-state index in [0.29, 0.717) is 36.8 Å². The third-order valence-corrected chi connectivity index (χ3v) is 5.79. The average Bonchev–Trinajstić information content (AvgIpc) is 3.40. The highest BCUT2D eigenvalue weighted by Gasteiger charge is 2.14. The molecule has 36 heavy (non-hydrogen) atoms. The van der Waals surface area contributed by atoms with Gasteiger partial charge in [-0.15, -0.1) is 0 Å². The van der Waals surface area contributed by atoms with Gasteiger partial charge < -0.3 is 20.1 Å². The van der Waals surface area contributed by atoms with E-state index in [1.165, 1.54) is 5.56 Å². The molecule has 0 saturated heterocycles. The minimum atomic E-state index is -0.211. The lowest BCUT2D eigenvalue weighted by Crippen LogP contribution is -2.33. The van der Waals surface area contributed by atoms with Crippen molar-refractivity contribution in [2.45, 2.75) is 26.3 Å². The lowest BCUT2D eigenvalue weighted by Gasteiger charge is -2.16. The Bertz CT molecular complexity index is 1290. The van der Waals surface area contributed by atoms with Crippen LogP contribution < -0.4 is 10.6 Å². The number of amides is 3. The fourth-order valence-corrected chi connectivity index (χ4v) is 3.52. The molecular formula is C28H29N5O3. The fourth-order valence-electron chi connectivity index (χ4n) is 3.52. The molecule has 3 aromatic carbocycles. The van der Waals surface area contributed by atoms with Crippen molar-refractivity contribution in [2.24, 2.45) is 0 Å². The lowest BCUT2D eigenvalue weighted by molar-refractivity contribution is 0.0951. The molecule has 1 heterocycles. The van der Waals surface area contributed by atoms with Crippen LogP contribution in [0.2, 0.25) is 0 Å². The average molecular weight is 484 g/mol. The third kappa shape index (κ3) is 6.56. The summed E-state index contributed by atoms with van der Waals surface area (Å²) in [6.07, 6.45) is 1.44. The molecule has 0 bridgehead atoms. The quantitative estimate of drug-likeness (QED) is 0.351. The molecule has 1 aromatic heterocycles. The van der Waals surface area contributed by atoms with Crippen LogP contribution in [0.1, 0.15) is 34.2 Å². The summed E-state index contributed by atoms with van der Waals surface area (Å²) in [6, 6.07) is 24.3. The maximum Gasteiger partial charge on any atom is 0.321 e. The predicted molar refractivity (Wildman–Crippen MR) is 139 cm³/mol. The Morgan fingerprint density at radius 1 is 0.917 bits per heavy atom. The number of hydrogen-bond acceptors (Lipinski definition) is 5. The SMILES string of the molecule is CCc1ccc(CNC(=O)c2ccc(-c3nc(CCN(C)C(=O)Nc4ccccc4)no3)cc2)cc1. The monoisotopic (exact) mass is 483 g/mol. The molecule has 0 spiro atoms. The summed E-state index contributed by atoms with van der Waals surface area (Å²) in [5.41, 5.74) is 4.33. The molecule has 8 heteroatoms. The highest BCUT2D eigenvalue weighted by atomic mass is 16.5. The van der Waals surface area contributed by atoms with Gasteiger partial charge in [0.25, 0.3) is 11.8 Å². The number of benzene rings is 3. The summed E-state index contributed by atoms with van der Waals surface area (Å²) in [5.74, 6) is 0.716. The van der Waals surface area contributed by atoms with Gasteiger partial charge in [-0.3, -0.25) is 4.79 Å². The minimum absolute atomic E-state index is 0.149. The van der Waals surface area contributed by atoms with Crippen molar-refractivity contribution >= 4 is 17.6 Å². The van der Waals surface area contributed by atoms with Gasteiger partial charge in [0.1, 0.15) is 0 Å². The molecule has 4 aromatic rings. The van der Waals surface area contributed by atoms with Gasteiger partial charge in [-0.1, -0.05) is 54.5 Å². The number of anilines is 1. The number of nitrogens with zero attached hydrogens (tertiary/aromatic N) is 3. The molecule has 4 rings (SSSR count). The number of carbonyl (C=O) groups excluding carboxylic acids is 2. The maximum absolute atomic E-state index is 12.5. The standard InChI is InChI=1S/C28H29N5O3/c1-3-20-9-11-21(12-10-20)19-29-26(34)22-13-15-23(16-14-22)27-31-25(32-36-27)17-18-33(2)28(35)30-24-7-5-4-6-8-24/h4-16H,3,17-19H2,1-2H3,(H,29,34)(H,30,35). The normalized spacial score (nSPS) is 10.6. The largest absolute Gasteiger partial charge is 0.348 e. The van der Waals surface area contributed by atoms with Crippen molar-refractivity contribution in [1.29, 1.82) is 0 Å². The van der Waals surface area contributed by atoms with Crippen LogP contribution in [0.5, 0.6) is 0 Å². The van der Waals surface area contributed by atoms with E-state index in [1.54, 1.807) is 36.2 Å². The number of hydrogen-bond donors (Lipinski definition) is 2. The van der Waals surface area contributed by atoms with Gasteiger partial charge in [-0.2, -0.15) is 4.98 Å². The van der Waals surface area contributed by atoms with Crippen molar-refractivity contribution in [2.75, 3.05) is 18.9 Å². The summed E-state index contributed by atoms with van der Waals surface area (Å²) in [4.78, 5) is 30.8. The summed E-state index contributed by atoms with van der Waals surface area (Å²) in [6.45, 7) is 3.01. The van der Waals surface area contributed by atoms with E-state index in [2.05, 4.69) is 39.8 Å². The zero-order chi connectivity index (χ0) is 25.3. The Morgan fingerprint density at radius 3 is 2.31 bits per heavy atom. The predicted octanol–water partition coefficient (Wildman–Crippen LogP) is 4.94. The Morgan fingerprint density at radius 2 is 1.61 bits per heavy atom. The van der Waals surface area contributed by atoms with Crippen molar-refractivity contribution in [1.82, 2.24) is 20.4 Å². The molecule has 0 aliphatic heterocycles. The smallest absolute Gasteiger partial charge is 0.321 e. The molecule has 0 saturated carbocycles. The first-order chi connectivity index (χ1) is 17.5. The molecule has 2 N–H and O–H groups in total. The molecular weight excluding hydrogens is 454 g/mol. The van der Waals surface area contributed by atoms with Gasteiger partial charge in [0.2, 0.25) is 0 Å².